The van der Waals surface area contributed by atoms with Gasteiger partial charge in [0.25, 0.3) is 5.91 Å². The van der Waals surface area contributed by atoms with Crippen molar-refractivity contribution in [3.63, 3.8) is 0 Å². The number of thiazole rings is 1. The lowest BCUT2D eigenvalue weighted by molar-refractivity contribution is -0.123. The summed E-state index contributed by atoms with van der Waals surface area (Å²) < 4.78 is 39.3. The van der Waals surface area contributed by atoms with Gasteiger partial charge in [-0.05, 0) is 31.9 Å². The Morgan fingerprint density at radius 1 is 1.36 bits per heavy atom. The largest absolute Gasteiger partial charge is 0.480 e. The van der Waals surface area contributed by atoms with Crippen molar-refractivity contribution in [3.05, 3.63) is 29.1 Å². The summed E-state index contributed by atoms with van der Waals surface area (Å²) in [6.45, 7) is 3.35. The molecule has 0 radical (unpaired) electrons. The molecule has 0 aliphatic carbocycles. The number of amides is 1. The molecule has 1 aromatic heterocycles. The molecule has 28 heavy (non-hydrogen) atoms. The van der Waals surface area contributed by atoms with Crippen molar-refractivity contribution < 1.29 is 23.0 Å². The first-order chi connectivity index (χ1) is 13.5. The van der Waals surface area contributed by atoms with Gasteiger partial charge < -0.3 is 19.7 Å². The number of rotatable bonds is 6. The first-order valence-electron chi connectivity index (χ1n) is 9.29. The van der Waals surface area contributed by atoms with Crippen molar-refractivity contribution >= 4 is 22.4 Å². The smallest absolute Gasteiger partial charge is 0.257 e. The summed E-state index contributed by atoms with van der Waals surface area (Å²) in [5.41, 5.74) is 0.811. The normalized spacial score (nSPS) is 21.0. The summed E-state index contributed by atoms with van der Waals surface area (Å²) in [7, 11) is 0. The number of likely N-dealkylation sites (N-methyl/N-ethyl adjacent to an activating group) is 1. The monoisotopic (exact) mass is 409 g/mol. The molecular formula is C19H21F2N3O3S. The lowest BCUT2D eigenvalue weighted by Gasteiger charge is -2.31. The average Bonchev–Trinajstić information content (AvgIpc) is 3.30. The fourth-order valence-corrected chi connectivity index (χ4v) is 4.41. The lowest BCUT2D eigenvalue weighted by atomic mass is 10.1. The van der Waals surface area contributed by atoms with E-state index in [2.05, 4.69) is 15.2 Å². The van der Waals surface area contributed by atoms with E-state index in [-0.39, 0.29) is 18.0 Å². The SMILES string of the molecule is CCNC(=O)COc1c(-c2csc(N3CC4CCC(C3)O4)n2)ccc(F)c1F. The predicted octanol–water partition coefficient (Wildman–Crippen LogP) is 2.97. The van der Waals surface area contributed by atoms with Gasteiger partial charge in [-0.15, -0.1) is 11.3 Å². The summed E-state index contributed by atoms with van der Waals surface area (Å²) in [5, 5.41) is 5.16. The summed E-state index contributed by atoms with van der Waals surface area (Å²) in [6.07, 6.45) is 2.57. The second kappa shape index (κ2) is 8.00. The van der Waals surface area contributed by atoms with E-state index in [9.17, 15) is 13.6 Å². The Labute approximate surface area is 165 Å². The van der Waals surface area contributed by atoms with E-state index in [1.54, 1.807) is 12.3 Å². The maximum Gasteiger partial charge on any atom is 0.257 e. The Morgan fingerprint density at radius 3 is 2.82 bits per heavy atom. The molecule has 4 rings (SSSR count). The van der Waals surface area contributed by atoms with Crippen LogP contribution in [0.5, 0.6) is 5.75 Å². The van der Waals surface area contributed by atoms with Gasteiger partial charge in [0.05, 0.1) is 17.9 Å². The molecule has 150 valence electrons. The van der Waals surface area contributed by atoms with Gasteiger partial charge in [0.1, 0.15) is 0 Å². The minimum Gasteiger partial charge on any atom is -0.480 e. The fraction of sp³-hybridized carbons (Fsp3) is 0.474. The molecule has 0 saturated carbocycles. The van der Waals surface area contributed by atoms with Gasteiger partial charge in [0.2, 0.25) is 5.82 Å². The first-order valence-corrected chi connectivity index (χ1v) is 10.2. The van der Waals surface area contributed by atoms with Crippen molar-refractivity contribution in [2.75, 3.05) is 31.1 Å². The van der Waals surface area contributed by atoms with Crippen LogP contribution in [-0.4, -0.2) is 49.3 Å². The first kappa shape index (κ1) is 19.1. The maximum absolute atomic E-state index is 14.4. The van der Waals surface area contributed by atoms with Crippen LogP contribution in [0.3, 0.4) is 0 Å². The van der Waals surface area contributed by atoms with Gasteiger partial charge in [0, 0.05) is 30.6 Å². The Bertz CT molecular complexity index is 864. The highest BCUT2D eigenvalue weighted by Crippen LogP contribution is 2.37. The molecule has 3 heterocycles. The van der Waals surface area contributed by atoms with Gasteiger partial charge in [-0.25, -0.2) is 9.37 Å². The van der Waals surface area contributed by atoms with Crippen molar-refractivity contribution in [3.8, 4) is 17.0 Å². The molecule has 9 heteroatoms. The number of hydrogen-bond acceptors (Lipinski definition) is 6. The number of carbonyl (C=O) groups is 1. The molecule has 2 saturated heterocycles. The molecule has 6 nitrogen and oxygen atoms in total. The molecule has 2 aliphatic heterocycles. The number of hydrogen-bond donors (Lipinski definition) is 1. The number of morpholine rings is 1. The molecule has 1 aromatic carbocycles. The molecule has 1 N–H and O–H groups in total. The Kier molecular flexibility index (Phi) is 5.45. The number of anilines is 1. The molecule has 2 unspecified atom stereocenters. The molecular weight excluding hydrogens is 388 g/mol. The zero-order valence-corrected chi connectivity index (χ0v) is 16.2. The van der Waals surface area contributed by atoms with Crippen molar-refractivity contribution in [1.82, 2.24) is 10.3 Å². The summed E-state index contributed by atoms with van der Waals surface area (Å²) in [5.74, 6) is -2.86. The Hall–Kier alpha value is -2.26. The van der Waals surface area contributed by atoms with Crippen LogP contribution in [0.25, 0.3) is 11.3 Å². The average molecular weight is 409 g/mol. The highest BCUT2D eigenvalue weighted by Gasteiger charge is 2.34. The third-order valence-corrected chi connectivity index (χ3v) is 5.76. The number of nitrogens with one attached hydrogen (secondary N) is 1. The van der Waals surface area contributed by atoms with E-state index >= 15 is 0 Å². The topological polar surface area (TPSA) is 63.7 Å². The van der Waals surface area contributed by atoms with Gasteiger partial charge in [-0.3, -0.25) is 4.79 Å². The van der Waals surface area contributed by atoms with Gasteiger partial charge in [0.15, 0.2) is 23.3 Å². The number of carbonyl (C=O) groups excluding carboxylic acids is 1. The van der Waals surface area contributed by atoms with Crippen LogP contribution in [0.1, 0.15) is 19.8 Å². The summed E-state index contributed by atoms with van der Waals surface area (Å²) in [4.78, 5) is 18.4. The van der Waals surface area contributed by atoms with Crippen LogP contribution in [0, 0.1) is 11.6 Å². The number of aromatic nitrogens is 1. The van der Waals surface area contributed by atoms with Crippen LogP contribution in [0.2, 0.25) is 0 Å². The summed E-state index contributed by atoms with van der Waals surface area (Å²) >= 11 is 1.44. The van der Waals surface area contributed by atoms with Gasteiger partial charge in [-0.1, -0.05) is 0 Å². The van der Waals surface area contributed by atoms with Gasteiger partial charge in [-0.2, -0.15) is 4.39 Å². The number of ether oxygens (including phenoxy) is 2. The van der Waals surface area contributed by atoms with E-state index < -0.39 is 24.1 Å². The number of nitrogens with zero attached hydrogens (tertiary/aromatic N) is 2. The highest BCUT2D eigenvalue weighted by atomic mass is 32.1. The molecule has 2 aromatic rings. The second-order valence-corrected chi connectivity index (χ2v) is 7.69. The minimum absolute atomic E-state index is 0.227. The third-order valence-electron chi connectivity index (χ3n) is 4.85. The molecule has 2 atom stereocenters. The quantitative estimate of drug-likeness (QED) is 0.795. The van der Waals surface area contributed by atoms with Crippen LogP contribution in [-0.2, 0) is 9.53 Å². The molecule has 2 fully saturated rings. The number of fused-ring (bicyclic) bond motifs is 2. The molecule has 0 spiro atoms. The van der Waals surface area contributed by atoms with E-state index in [1.165, 1.54) is 17.4 Å². The Morgan fingerprint density at radius 2 is 2.11 bits per heavy atom. The highest BCUT2D eigenvalue weighted by molar-refractivity contribution is 7.14. The van der Waals surface area contributed by atoms with Crippen molar-refractivity contribution in [2.24, 2.45) is 0 Å². The third kappa shape index (κ3) is 3.81. The van der Waals surface area contributed by atoms with Crippen molar-refractivity contribution in [2.45, 2.75) is 32.0 Å². The zero-order chi connectivity index (χ0) is 19.7. The fourth-order valence-electron chi connectivity index (χ4n) is 3.57. The predicted molar refractivity (Wildman–Crippen MR) is 102 cm³/mol. The number of halogens is 2. The van der Waals surface area contributed by atoms with Crippen molar-refractivity contribution in [1.29, 1.82) is 0 Å². The number of benzene rings is 1. The van der Waals surface area contributed by atoms with Crippen LogP contribution >= 0.6 is 11.3 Å². The Balaban J connectivity index is 1.58. The molecule has 2 aliphatic rings. The van der Waals surface area contributed by atoms with Crippen LogP contribution < -0.4 is 15.0 Å². The van der Waals surface area contributed by atoms with E-state index in [4.69, 9.17) is 9.47 Å². The minimum atomic E-state index is -1.12. The van der Waals surface area contributed by atoms with Crippen LogP contribution in [0.15, 0.2) is 17.5 Å². The van der Waals surface area contributed by atoms with E-state index in [0.29, 0.717) is 17.8 Å². The van der Waals surface area contributed by atoms with Gasteiger partial charge >= 0.3 is 0 Å². The standard InChI is InChI=1S/C19H21F2N3O3S/c1-2-22-16(25)9-26-18-13(5-6-14(20)17(18)21)15-10-28-19(23-15)24-7-11-3-4-12(8-24)27-11/h5-6,10-12H,2-4,7-9H2,1H3,(H,22,25). The molecule has 2 bridgehead atoms. The second-order valence-electron chi connectivity index (χ2n) is 6.86. The van der Waals surface area contributed by atoms with E-state index in [1.807, 2.05) is 0 Å². The van der Waals surface area contributed by atoms with E-state index in [0.717, 1.165) is 37.1 Å². The zero-order valence-electron chi connectivity index (χ0n) is 15.4. The maximum atomic E-state index is 14.4. The lowest BCUT2D eigenvalue weighted by Crippen LogP contribution is -2.42. The van der Waals surface area contributed by atoms with Crippen LogP contribution in [0.4, 0.5) is 13.9 Å². The summed E-state index contributed by atoms with van der Waals surface area (Å²) in [6, 6.07) is 2.46. The molecule has 1 amide bonds.